The van der Waals surface area contributed by atoms with Gasteiger partial charge in [-0.25, -0.2) is 0 Å². The van der Waals surface area contributed by atoms with Crippen molar-refractivity contribution in [3.05, 3.63) is 0 Å². The van der Waals surface area contributed by atoms with Crippen LogP contribution < -0.4 is 10.6 Å². The average molecular weight is 191 g/mol. The van der Waals surface area contributed by atoms with Crippen molar-refractivity contribution in [2.75, 3.05) is 13.1 Å². The third-order valence-corrected chi connectivity index (χ3v) is 2.60. The number of rotatable bonds is 2. The fourth-order valence-corrected chi connectivity index (χ4v) is 1.38. The van der Waals surface area contributed by atoms with E-state index in [4.69, 9.17) is 0 Å². The van der Waals surface area contributed by atoms with Crippen LogP contribution in [0, 0.1) is 5.92 Å². The van der Waals surface area contributed by atoms with E-state index in [0.717, 1.165) is 25.9 Å². The Kier molecular flexibility index (Phi) is 3.35. The molecule has 1 saturated carbocycles. The predicted molar refractivity (Wildman–Crippen MR) is 49.4 cm³/mol. The first-order chi connectivity index (χ1) is 5.36. The first-order valence-corrected chi connectivity index (χ1v) is 4.37. The summed E-state index contributed by atoms with van der Waals surface area (Å²) in [6.07, 6.45) is 3.44. The average Bonchev–Trinajstić information content (AvgIpc) is 1.74. The highest BCUT2D eigenvalue weighted by Gasteiger charge is 2.28. The van der Waals surface area contributed by atoms with E-state index in [0.29, 0.717) is 12.0 Å². The van der Waals surface area contributed by atoms with E-state index in [9.17, 15) is 4.79 Å². The molecule has 4 heteroatoms. The van der Waals surface area contributed by atoms with Gasteiger partial charge in [0.25, 0.3) is 0 Å². The van der Waals surface area contributed by atoms with E-state index in [1.807, 2.05) is 0 Å². The fraction of sp³-hybridized carbons (Fsp3) is 0.875. The highest BCUT2D eigenvalue weighted by Crippen LogP contribution is 2.26. The third kappa shape index (κ3) is 1.90. The van der Waals surface area contributed by atoms with Crippen molar-refractivity contribution in [2.45, 2.75) is 25.3 Å². The molecule has 0 bridgehead atoms. The summed E-state index contributed by atoms with van der Waals surface area (Å²) < 4.78 is 0. The van der Waals surface area contributed by atoms with Crippen molar-refractivity contribution in [3.63, 3.8) is 0 Å². The molecule has 70 valence electrons. The second kappa shape index (κ2) is 4.10. The molecule has 3 nitrogen and oxygen atoms in total. The molecule has 2 fully saturated rings. The molecule has 1 aliphatic heterocycles. The van der Waals surface area contributed by atoms with Crippen molar-refractivity contribution in [3.8, 4) is 0 Å². The number of carbonyl (C=O) groups excluding carboxylic acids is 1. The lowest BCUT2D eigenvalue weighted by Gasteiger charge is -2.32. The summed E-state index contributed by atoms with van der Waals surface area (Å²) in [5, 5.41) is 6.14. The van der Waals surface area contributed by atoms with Gasteiger partial charge in [-0.15, -0.1) is 12.4 Å². The molecule has 0 atom stereocenters. The molecule has 0 spiro atoms. The number of hydrogen-bond donors (Lipinski definition) is 2. The Morgan fingerprint density at radius 1 is 1.33 bits per heavy atom. The first-order valence-electron chi connectivity index (χ1n) is 4.37. The zero-order valence-electron chi connectivity index (χ0n) is 7.01. The minimum absolute atomic E-state index is 0. The summed E-state index contributed by atoms with van der Waals surface area (Å²) >= 11 is 0. The summed E-state index contributed by atoms with van der Waals surface area (Å²) in [5.41, 5.74) is 0. The van der Waals surface area contributed by atoms with Gasteiger partial charge in [0.05, 0.1) is 6.04 Å². The van der Waals surface area contributed by atoms with Crippen LogP contribution in [0.25, 0.3) is 0 Å². The smallest absolute Gasteiger partial charge is 0.223 e. The molecule has 1 saturated heterocycles. The number of carbonyl (C=O) groups is 1. The quantitative estimate of drug-likeness (QED) is 0.658. The van der Waals surface area contributed by atoms with E-state index in [-0.39, 0.29) is 18.3 Å². The molecular formula is C8H15ClN2O. The standard InChI is InChI=1S/C8H14N2O.ClH/c11-8(6-2-1-3-6)10-7-4-9-5-7;/h6-7,9H,1-5H2,(H,10,11);1H. The van der Waals surface area contributed by atoms with Gasteiger partial charge in [-0.2, -0.15) is 0 Å². The van der Waals surface area contributed by atoms with E-state index in [2.05, 4.69) is 10.6 Å². The van der Waals surface area contributed by atoms with Crippen LogP contribution in [0.4, 0.5) is 0 Å². The molecule has 2 N–H and O–H groups in total. The maximum Gasteiger partial charge on any atom is 0.223 e. The van der Waals surface area contributed by atoms with Crippen LogP contribution in [0.15, 0.2) is 0 Å². The Balaban J connectivity index is 0.000000720. The van der Waals surface area contributed by atoms with Gasteiger partial charge in [-0.05, 0) is 12.8 Å². The van der Waals surface area contributed by atoms with Crippen LogP contribution in [0.3, 0.4) is 0 Å². The van der Waals surface area contributed by atoms with Gasteiger partial charge in [0.2, 0.25) is 5.91 Å². The minimum atomic E-state index is 0. The summed E-state index contributed by atoms with van der Waals surface area (Å²) in [6.45, 7) is 1.91. The zero-order chi connectivity index (χ0) is 7.68. The second-order valence-corrected chi connectivity index (χ2v) is 3.49. The number of amides is 1. The van der Waals surface area contributed by atoms with Gasteiger partial charge in [-0.1, -0.05) is 6.42 Å². The molecule has 0 aromatic heterocycles. The van der Waals surface area contributed by atoms with Gasteiger partial charge < -0.3 is 10.6 Å². The highest BCUT2D eigenvalue weighted by atomic mass is 35.5. The molecular weight excluding hydrogens is 176 g/mol. The Hall–Kier alpha value is -0.280. The molecule has 1 heterocycles. The zero-order valence-corrected chi connectivity index (χ0v) is 7.82. The van der Waals surface area contributed by atoms with E-state index in [1.54, 1.807) is 0 Å². The van der Waals surface area contributed by atoms with Crippen LogP contribution >= 0.6 is 12.4 Å². The lowest BCUT2D eigenvalue weighted by atomic mass is 9.84. The van der Waals surface area contributed by atoms with Crippen LogP contribution in [0.2, 0.25) is 0 Å². The normalized spacial score (nSPS) is 23.3. The highest BCUT2D eigenvalue weighted by molar-refractivity contribution is 5.85. The van der Waals surface area contributed by atoms with Crippen molar-refractivity contribution in [2.24, 2.45) is 5.92 Å². The van der Waals surface area contributed by atoms with E-state index < -0.39 is 0 Å². The lowest BCUT2D eigenvalue weighted by Crippen LogP contribution is -2.58. The molecule has 2 aliphatic rings. The minimum Gasteiger partial charge on any atom is -0.351 e. The van der Waals surface area contributed by atoms with Crippen molar-refractivity contribution < 1.29 is 4.79 Å². The Bertz CT molecular complexity index is 166. The van der Waals surface area contributed by atoms with Crippen molar-refractivity contribution >= 4 is 18.3 Å². The fourth-order valence-electron chi connectivity index (χ4n) is 1.38. The number of halogens is 1. The summed E-state index contributed by atoms with van der Waals surface area (Å²) in [4.78, 5) is 11.3. The van der Waals surface area contributed by atoms with Crippen LogP contribution in [0.1, 0.15) is 19.3 Å². The molecule has 1 amide bonds. The van der Waals surface area contributed by atoms with Crippen molar-refractivity contribution in [1.29, 1.82) is 0 Å². The van der Waals surface area contributed by atoms with Gasteiger partial charge in [0.1, 0.15) is 0 Å². The molecule has 0 radical (unpaired) electrons. The molecule has 2 rings (SSSR count). The first kappa shape index (κ1) is 9.81. The summed E-state index contributed by atoms with van der Waals surface area (Å²) in [5.74, 6) is 0.623. The molecule has 1 aliphatic carbocycles. The third-order valence-electron chi connectivity index (χ3n) is 2.60. The van der Waals surface area contributed by atoms with E-state index in [1.165, 1.54) is 6.42 Å². The van der Waals surface area contributed by atoms with Gasteiger partial charge in [0.15, 0.2) is 0 Å². The molecule has 0 unspecified atom stereocenters. The number of hydrogen-bond acceptors (Lipinski definition) is 2. The topological polar surface area (TPSA) is 41.1 Å². The predicted octanol–water partition coefficient (Wildman–Crippen LogP) is 0.296. The van der Waals surface area contributed by atoms with Crippen molar-refractivity contribution in [1.82, 2.24) is 10.6 Å². The Morgan fingerprint density at radius 3 is 2.33 bits per heavy atom. The Labute approximate surface area is 78.7 Å². The van der Waals surface area contributed by atoms with Gasteiger partial charge in [0, 0.05) is 19.0 Å². The maximum atomic E-state index is 11.3. The van der Waals surface area contributed by atoms with Crippen LogP contribution in [-0.4, -0.2) is 25.0 Å². The molecule has 0 aromatic rings. The maximum absolute atomic E-state index is 11.3. The Morgan fingerprint density at radius 2 is 2.00 bits per heavy atom. The van der Waals surface area contributed by atoms with Crippen LogP contribution in [0.5, 0.6) is 0 Å². The van der Waals surface area contributed by atoms with Gasteiger partial charge >= 0.3 is 0 Å². The number of nitrogens with one attached hydrogen (secondary N) is 2. The van der Waals surface area contributed by atoms with Gasteiger partial charge in [-0.3, -0.25) is 4.79 Å². The monoisotopic (exact) mass is 190 g/mol. The molecule has 0 aromatic carbocycles. The molecule has 12 heavy (non-hydrogen) atoms. The summed E-state index contributed by atoms with van der Waals surface area (Å²) in [6, 6.07) is 0.420. The lowest BCUT2D eigenvalue weighted by molar-refractivity contribution is -0.128. The van der Waals surface area contributed by atoms with Crippen LogP contribution in [-0.2, 0) is 4.79 Å². The second-order valence-electron chi connectivity index (χ2n) is 3.49. The summed E-state index contributed by atoms with van der Waals surface area (Å²) in [7, 11) is 0. The largest absolute Gasteiger partial charge is 0.351 e. The SMILES string of the molecule is Cl.O=C(NC1CNC1)C1CCC1. The van der Waals surface area contributed by atoms with E-state index >= 15 is 0 Å².